The third-order valence-corrected chi connectivity index (χ3v) is 4.16. The van der Waals surface area contributed by atoms with Crippen LogP contribution >= 0.6 is 0 Å². The molecule has 7 nitrogen and oxygen atoms in total. The summed E-state index contributed by atoms with van der Waals surface area (Å²) in [5.41, 5.74) is 0.949. The van der Waals surface area contributed by atoms with Gasteiger partial charge in [-0.1, -0.05) is 6.07 Å². The van der Waals surface area contributed by atoms with Crippen LogP contribution < -0.4 is 5.32 Å². The van der Waals surface area contributed by atoms with Gasteiger partial charge in [0, 0.05) is 13.1 Å². The van der Waals surface area contributed by atoms with E-state index in [9.17, 15) is 18.8 Å². The molecule has 0 aromatic heterocycles. The molecule has 0 aliphatic carbocycles. The molecule has 0 saturated carbocycles. The fourth-order valence-corrected chi connectivity index (χ4v) is 2.68. The predicted octanol–water partition coefficient (Wildman–Crippen LogP) is 0.778. The second-order valence-corrected chi connectivity index (χ2v) is 6.01. The van der Waals surface area contributed by atoms with Gasteiger partial charge in [0.25, 0.3) is 0 Å². The molecule has 2 rings (SSSR count). The summed E-state index contributed by atoms with van der Waals surface area (Å²) in [5.74, 6) is -1.63. The quantitative estimate of drug-likeness (QED) is 0.793. The molecule has 1 saturated heterocycles. The zero-order valence-corrected chi connectivity index (χ0v) is 14.5. The molecule has 0 unspecified atom stereocenters. The molecule has 0 radical (unpaired) electrons. The molecule has 0 bridgehead atoms. The summed E-state index contributed by atoms with van der Waals surface area (Å²) >= 11 is 0. The average molecular weight is 351 g/mol. The van der Waals surface area contributed by atoms with E-state index in [1.54, 1.807) is 30.9 Å². The Morgan fingerprint density at radius 2 is 2.04 bits per heavy atom. The number of amides is 2. The minimum atomic E-state index is -0.550. The Bertz CT molecular complexity index is 680. The number of piperazine rings is 1. The zero-order valence-electron chi connectivity index (χ0n) is 14.5. The molecule has 25 heavy (non-hydrogen) atoms. The van der Waals surface area contributed by atoms with Crippen molar-refractivity contribution >= 4 is 23.5 Å². The second-order valence-electron chi connectivity index (χ2n) is 6.01. The van der Waals surface area contributed by atoms with Crippen LogP contribution in [0.25, 0.3) is 0 Å². The molecular formula is C17H22FN3O4. The number of halogens is 1. The minimum absolute atomic E-state index is 0.0354. The Kier molecular flexibility index (Phi) is 6.08. The van der Waals surface area contributed by atoms with Crippen molar-refractivity contribution in [1.82, 2.24) is 9.80 Å². The lowest BCUT2D eigenvalue weighted by Crippen LogP contribution is -2.58. The predicted molar refractivity (Wildman–Crippen MR) is 89.4 cm³/mol. The van der Waals surface area contributed by atoms with Crippen LogP contribution in [0.4, 0.5) is 10.1 Å². The van der Waals surface area contributed by atoms with Crippen molar-refractivity contribution in [3.8, 4) is 0 Å². The van der Waals surface area contributed by atoms with E-state index < -0.39 is 23.7 Å². The number of esters is 1. The first-order valence-corrected chi connectivity index (χ1v) is 7.97. The third kappa shape index (κ3) is 4.76. The van der Waals surface area contributed by atoms with Gasteiger partial charge in [-0.2, -0.15) is 0 Å². The second kappa shape index (κ2) is 8.06. The van der Waals surface area contributed by atoms with Crippen LogP contribution in [0.2, 0.25) is 0 Å². The molecule has 1 aliphatic heterocycles. The largest absolute Gasteiger partial charge is 0.468 e. The van der Waals surface area contributed by atoms with Crippen molar-refractivity contribution in [2.24, 2.45) is 0 Å². The number of methoxy groups -OCH3 is 1. The molecule has 8 heteroatoms. The number of hydrogen-bond acceptors (Lipinski definition) is 5. The molecule has 2 amide bonds. The Balaban J connectivity index is 1.94. The van der Waals surface area contributed by atoms with E-state index >= 15 is 0 Å². The van der Waals surface area contributed by atoms with Crippen molar-refractivity contribution in [3.63, 3.8) is 0 Å². The van der Waals surface area contributed by atoms with Crippen molar-refractivity contribution in [1.29, 1.82) is 0 Å². The Morgan fingerprint density at radius 1 is 1.32 bits per heavy atom. The van der Waals surface area contributed by atoms with Crippen LogP contribution in [-0.4, -0.2) is 66.9 Å². The lowest BCUT2D eigenvalue weighted by molar-refractivity contribution is -0.152. The maximum absolute atomic E-state index is 13.7. The normalized spacial score (nSPS) is 18.2. The number of nitrogens with zero attached hydrogens (tertiary/aromatic N) is 2. The molecule has 0 spiro atoms. The van der Waals surface area contributed by atoms with Crippen LogP contribution in [0.3, 0.4) is 0 Å². The molecule has 136 valence electrons. The monoisotopic (exact) mass is 351 g/mol. The standard InChI is InChI=1S/C17H22FN3O4/c1-11-4-5-13(18)14(8-11)19-15(22)9-20-6-7-21(10-16(23)25-3)17(24)12(20)2/h4-5,8,12H,6-7,9-10H2,1-3H3,(H,19,22)/t12-/m0/s1. The molecular weight excluding hydrogens is 329 g/mol. The molecule has 1 aromatic rings. The van der Waals surface area contributed by atoms with Crippen molar-refractivity contribution < 1.29 is 23.5 Å². The average Bonchev–Trinajstić information content (AvgIpc) is 2.57. The number of benzene rings is 1. The van der Waals surface area contributed by atoms with Crippen LogP contribution in [0.5, 0.6) is 0 Å². The maximum atomic E-state index is 13.7. The molecule has 1 aromatic carbocycles. The highest BCUT2D eigenvalue weighted by molar-refractivity contribution is 5.93. The lowest BCUT2D eigenvalue weighted by atomic mass is 10.1. The number of hydrogen-bond donors (Lipinski definition) is 1. The third-order valence-electron chi connectivity index (χ3n) is 4.16. The van der Waals surface area contributed by atoms with E-state index in [1.165, 1.54) is 18.1 Å². The van der Waals surface area contributed by atoms with E-state index in [4.69, 9.17) is 0 Å². The summed E-state index contributed by atoms with van der Waals surface area (Å²) in [6, 6.07) is 3.91. The van der Waals surface area contributed by atoms with E-state index in [1.807, 2.05) is 0 Å². The SMILES string of the molecule is COC(=O)CN1CCN(CC(=O)Nc2cc(C)ccc2F)[C@@H](C)C1=O. The summed E-state index contributed by atoms with van der Waals surface area (Å²) in [5, 5.41) is 2.53. The van der Waals surface area contributed by atoms with E-state index in [-0.39, 0.29) is 24.7 Å². The van der Waals surface area contributed by atoms with E-state index in [0.29, 0.717) is 13.1 Å². The topological polar surface area (TPSA) is 79.0 Å². The Hall–Kier alpha value is -2.48. The molecule has 1 fully saturated rings. The van der Waals surface area contributed by atoms with Crippen molar-refractivity contribution in [2.75, 3.05) is 38.6 Å². The number of carbonyl (C=O) groups excluding carboxylic acids is 3. The number of nitrogens with one attached hydrogen (secondary N) is 1. The summed E-state index contributed by atoms with van der Waals surface area (Å²) in [4.78, 5) is 38.9. The molecule has 1 heterocycles. The first kappa shape index (κ1) is 18.9. The summed E-state index contributed by atoms with van der Waals surface area (Å²) in [7, 11) is 1.27. The first-order chi connectivity index (χ1) is 11.8. The summed E-state index contributed by atoms with van der Waals surface area (Å²) < 4.78 is 18.3. The maximum Gasteiger partial charge on any atom is 0.325 e. The zero-order chi connectivity index (χ0) is 18.6. The van der Waals surface area contributed by atoms with Crippen LogP contribution in [0.15, 0.2) is 18.2 Å². The van der Waals surface area contributed by atoms with Gasteiger partial charge in [0.1, 0.15) is 12.4 Å². The highest BCUT2D eigenvalue weighted by Gasteiger charge is 2.33. The van der Waals surface area contributed by atoms with Crippen LogP contribution in [0, 0.1) is 12.7 Å². The van der Waals surface area contributed by atoms with Crippen LogP contribution in [0.1, 0.15) is 12.5 Å². The van der Waals surface area contributed by atoms with Gasteiger partial charge >= 0.3 is 5.97 Å². The smallest absolute Gasteiger partial charge is 0.325 e. The molecule has 1 aliphatic rings. The number of rotatable bonds is 5. The molecule has 1 N–H and O–H groups in total. The van der Waals surface area contributed by atoms with Gasteiger partial charge in [0.2, 0.25) is 11.8 Å². The number of aryl methyl sites for hydroxylation is 1. The first-order valence-electron chi connectivity index (χ1n) is 7.97. The highest BCUT2D eigenvalue weighted by atomic mass is 19.1. The number of carbonyl (C=O) groups is 3. The number of ether oxygens (including phenoxy) is 1. The lowest BCUT2D eigenvalue weighted by Gasteiger charge is -2.38. The fourth-order valence-electron chi connectivity index (χ4n) is 2.68. The van der Waals surface area contributed by atoms with Gasteiger partial charge in [-0.15, -0.1) is 0 Å². The van der Waals surface area contributed by atoms with Gasteiger partial charge in [0.05, 0.1) is 25.4 Å². The van der Waals surface area contributed by atoms with Gasteiger partial charge in [-0.25, -0.2) is 4.39 Å². The number of anilines is 1. The highest BCUT2D eigenvalue weighted by Crippen LogP contribution is 2.16. The van der Waals surface area contributed by atoms with E-state index in [2.05, 4.69) is 10.1 Å². The Labute approximate surface area is 145 Å². The van der Waals surface area contributed by atoms with Gasteiger partial charge in [-0.3, -0.25) is 19.3 Å². The Morgan fingerprint density at radius 3 is 2.72 bits per heavy atom. The van der Waals surface area contributed by atoms with Crippen molar-refractivity contribution in [2.45, 2.75) is 19.9 Å². The summed E-state index contributed by atoms with van der Waals surface area (Å²) in [6.07, 6.45) is 0. The summed E-state index contributed by atoms with van der Waals surface area (Å²) in [6.45, 7) is 4.10. The molecule has 1 atom stereocenters. The van der Waals surface area contributed by atoms with E-state index in [0.717, 1.165) is 5.56 Å². The van der Waals surface area contributed by atoms with Gasteiger partial charge in [0.15, 0.2) is 0 Å². The van der Waals surface area contributed by atoms with Crippen LogP contribution in [-0.2, 0) is 19.1 Å². The van der Waals surface area contributed by atoms with Gasteiger partial charge < -0.3 is 15.0 Å². The minimum Gasteiger partial charge on any atom is -0.468 e. The fraction of sp³-hybridized carbons (Fsp3) is 0.471. The van der Waals surface area contributed by atoms with Gasteiger partial charge in [-0.05, 0) is 31.5 Å². The van der Waals surface area contributed by atoms with Crippen molar-refractivity contribution in [3.05, 3.63) is 29.6 Å².